The van der Waals surface area contributed by atoms with E-state index in [1.165, 1.54) is 0 Å². The van der Waals surface area contributed by atoms with Crippen molar-refractivity contribution in [1.82, 2.24) is 10.6 Å². The fraction of sp³-hybridized carbons (Fsp3) is 0.400. The Morgan fingerprint density at radius 1 is 0.969 bits per heavy atom. The molecule has 7 nitrogen and oxygen atoms in total. The Balaban J connectivity index is 1.62. The predicted molar refractivity (Wildman–Crippen MR) is 124 cm³/mol. The molecule has 2 aromatic carbocycles. The summed E-state index contributed by atoms with van der Waals surface area (Å²) in [5.41, 5.74) is 8.10. The third-order valence-electron chi connectivity index (χ3n) is 5.28. The highest BCUT2D eigenvalue weighted by Gasteiger charge is 2.16. The second kappa shape index (κ2) is 13.4. The summed E-state index contributed by atoms with van der Waals surface area (Å²) in [4.78, 5) is 36.3. The van der Waals surface area contributed by atoms with Crippen LogP contribution in [0.3, 0.4) is 0 Å². The third-order valence-corrected chi connectivity index (χ3v) is 5.28. The molecule has 0 saturated heterocycles. The van der Waals surface area contributed by atoms with Crippen molar-refractivity contribution in [3.8, 4) is 0 Å². The van der Waals surface area contributed by atoms with Crippen LogP contribution >= 0.6 is 0 Å². The molecule has 2 rings (SSSR count). The number of hydrogen-bond donors (Lipinski definition) is 4. The Labute approximate surface area is 189 Å². The molecule has 0 saturated carbocycles. The largest absolute Gasteiger partial charge is 0.385 e. The molecular weight excluding hydrogens is 406 g/mol. The van der Waals surface area contributed by atoms with Crippen LogP contribution in [0.4, 0.5) is 0 Å². The average Bonchev–Trinajstić information content (AvgIpc) is 2.83. The van der Waals surface area contributed by atoms with Crippen molar-refractivity contribution in [3.63, 3.8) is 0 Å². The molecule has 2 aromatic rings. The molecule has 172 valence electrons. The smallest absolute Gasteiger partial charge is 0.251 e. The van der Waals surface area contributed by atoms with E-state index < -0.39 is 11.9 Å². The van der Waals surface area contributed by atoms with Gasteiger partial charge in [-0.25, -0.2) is 0 Å². The van der Waals surface area contributed by atoms with Gasteiger partial charge in [0.2, 0.25) is 5.91 Å². The van der Waals surface area contributed by atoms with Crippen molar-refractivity contribution < 1.29 is 19.5 Å². The van der Waals surface area contributed by atoms with Crippen LogP contribution in [0.2, 0.25) is 0 Å². The maximum absolute atomic E-state index is 12.2. The minimum Gasteiger partial charge on any atom is -0.385 e. The fourth-order valence-corrected chi connectivity index (χ4v) is 3.19. The van der Waals surface area contributed by atoms with E-state index in [4.69, 9.17) is 5.73 Å². The van der Waals surface area contributed by atoms with Gasteiger partial charge in [-0.2, -0.15) is 0 Å². The first-order valence-electron chi connectivity index (χ1n) is 11.0. The van der Waals surface area contributed by atoms with E-state index in [0.717, 1.165) is 11.1 Å². The molecule has 0 radical (unpaired) electrons. The zero-order valence-electron chi connectivity index (χ0n) is 18.5. The Morgan fingerprint density at radius 3 is 2.41 bits per heavy atom. The summed E-state index contributed by atoms with van der Waals surface area (Å²) in [6, 6.07) is 16.8. The predicted octanol–water partition coefficient (Wildman–Crippen LogP) is 1.97. The van der Waals surface area contributed by atoms with Gasteiger partial charge < -0.3 is 21.5 Å². The molecule has 0 aliphatic rings. The van der Waals surface area contributed by atoms with Crippen molar-refractivity contribution >= 4 is 17.6 Å². The summed E-state index contributed by atoms with van der Waals surface area (Å²) in [6.07, 6.45) is 0.639. The highest BCUT2D eigenvalue weighted by atomic mass is 16.3. The van der Waals surface area contributed by atoms with Gasteiger partial charge in [0.15, 0.2) is 5.78 Å². The van der Waals surface area contributed by atoms with Crippen LogP contribution in [-0.2, 0) is 22.6 Å². The van der Waals surface area contributed by atoms with Gasteiger partial charge in [0.05, 0.1) is 6.54 Å². The molecule has 5 N–H and O–H groups in total. The number of amides is 2. The summed E-state index contributed by atoms with van der Waals surface area (Å²) < 4.78 is 0. The summed E-state index contributed by atoms with van der Waals surface area (Å²) in [7, 11) is 0. The fourth-order valence-electron chi connectivity index (χ4n) is 3.19. The van der Waals surface area contributed by atoms with Gasteiger partial charge in [0.25, 0.3) is 5.91 Å². The second-order valence-corrected chi connectivity index (χ2v) is 8.04. The van der Waals surface area contributed by atoms with Gasteiger partial charge in [0.1, 0.15) is 6.10 Å². The Hall–Kier alpha value is -3.03. The summed E-state index contributed by atoms with van der Waals surface area (Å²) in [5.74, 6) is -0.724. The second-order valence-electron chi connectivity index (χ2n) is 8.04. The van der Waals surface area contributed by atoms with Crippen LogP contribution in [0.25, 0.3) is 0 Å². The first-order chi connectivity index (χ1) is 15.4. The van der Waals surface area contributed by atoms with Gasteiger partial charge >= 0.3 is 0 Å². The molecule has 0 spiro atoms. The standard InChI is InChI=1S/C25H33N3O4/c1-18(16-28-25(32)21-9-5-8-20(14-21)15-26)10-13-24(31)27-17-23(30)22(29)12-11-19-6-3-2-4-7-19/h2-9,14,18,22,29H,10-13,15-17,26H2,1H3,(H,27,31)(H,28,32). The zero-order valence-corrected chi connectivity index (χ0v) is 18.5. The molecule has 32 heavy (non-hydrogen) atoms. The molecule has 0 fully saturated rings. The van der Waals surface area contributed by atoms with E-state index in [0.29, 0.717) is 37.9 Å². The van der Waals surface area contributed by atoms with Crippen molar-refractivity contribution in [3.05, 3.63) is 71.3 Å². The molecule has 2 amide bonds. The van der Waals surface area contributed by atoms with Gasteiger partial charge in [0, 0.05) is 25.1 Å². The van der Waals surface area contributed by atoms with Crippen molar-refractivity contribution in [2.45, 2.75) is 45.3 Å². The van der Waals surface area contributed by atoms with Crippen LogP contribution in [0.15, 0.2) is 54.6 Å². The van der Waals surface area contributed by atoms with E-state index in [9.17, 15) is 19.5 Å². The number of hydrogen-bond acceptors (Lipinski definition) is 5. The number of carbonyl (C=O) groups excluding carboxylic acids is 3. The van der Waals surface area contributed by atoms with Crippen LogP contribution in [-0.4, -0.2) is 41.9 Å². The summed E-state index contributed by atoms with van der Waals surface area (Å²) in [6.45, 7) is 2.58. The molecule has 2 unspecified atom stereocenters. The van der Waals surface area contributed by atoms with Gasteiger partial charge in [-0.15, -0.1) is 0 Å². The lowest BCUT2D eigenvalue weighted by Crippen LogP contribution is -2.36. The van der Waals surface area contributed by atoms with Crippen LogP contribution in [0.5, 0.6) is 0 Å². The lowest BCUT2D eigenvalue weighted by atomic mass is 10.0. The van der Waals surface area contributed by atoms with Gasteiger partial charge in [-0.1, -0.05) is 49.4 Å². The Bertz CT molecular complexity index is 886. The number of carbonyl (C=O) groups is 3. The number of benzene rings is 2. The Morgan fingerprint density at radius 2 is 1.69 bits per heavy atom. The number of aryl methyl sites for hydroxylation is 1. The van der Waals surface area contributed by atoms with Crippen molar-refractivity contribution in [1.29, 1.82) is 0 Å². The van der Waals surface area contributed by atoms with E-state index in [-0.39, 0.29) is 30.7 Å². The lowest BCUT2D eigenvalue weighted by molar-refractivity contribution is -0.129. The number of aliphatic hydroxyl groups excluding tert-OH is 1. The maximum atomic E-state index is 12.2. The normalized spacial score (nSPS) is 12.6. The quantitative estimate of drug-likeness (QED) is 0.380. The third kappa shape index (κ3) is 8.99. The molecule has 0 aliphatic heterocycles. The first-order valence-corrected chi connectivity index (χ1v) is 11.0. The monoisotopic (exact) mass is 439 g/mol. The zero-order chi connectivity index (χ0) is 23.3. The van der Waals surface area contributed by atoms with Crippen LogP contribution in [0.1, 0.15) is 47.7 Å². The molecule has 2 atom stereocenters. The number of rotatable bonds is 13. The van der Waals surface area contributed by atoms with Crippen molar-refractivity contribution in [2.24, 2.45) is 11.7 Å². The highest BCUT2D eigenvalue weighted by molar-refractivity contribution is 5.94. The number of nitrogens with two attached hydrogens (primary N) is 1. The topological polar surface area (TPSA) is 122 Å². The van der Waals surface area contributed by atoms with Gasteiger partial charge in [-0.3, -0.25) is 14.4 Å². The molecular formula is C25H33N3O4. The number of aliphatic hydroxyl groups is 1. The average molecular weight is 440 g/mol. The highest BCUT2D eigenvalue weighted by Crippen LogP contribution is 2.08. The van der Waals surface area contributed by atoms with Crippen molar-refractivity contribution in [2.75, 3.05) is 13.1 Å². The molecule has 0 aliphatic carbocycles. The minimum atomic E-state index is -1.09. The SMILES string of the molecule is CC(CCC(=O)NCC(=O)C(O)CCc1ccccc1)CNC(=O)c1cccc(CN)c1. The minimum absolute atomic E-state index is 0.0922. The molecule has 7 heteroatoms. The maximum Gasteiger partial charge on any atom is 0.251 e. The molecule has 0 heterocycles. The number of nitrogens with one attached hydrogen (secondary N) is 2. The number of ketones is 1. The Kier molecular flexibility index (Phi) is 10.6. The van der Waals surface area contributed by atoms with E-state index in [1.54, 1.807) is 18.2 Å². The van der Waals surface area contributed by atoms with E-state index >= 15 is 0 Å². The summed E-state index contributed by atoms with van der Waals surface area (Å²) in [5, 5.41) is 15.5. The first kappa shape index (κ1) is 25.2. The van der Waals surface area contributed by atoms with Crippen LogP contribution in [0, 0.1) is 5.92 Å². The van der Waals surface area contributed by atoms with Gasteiger partial charge in [-0.05, 0) is 48.4 Å². The summed E-state index contributed by atoms with van der Waals surface area (Å²) >= 11 is 0. The van der Waals surface area contributed by atoms with Crippen LogP contribution < -0.4 is 16.4 Å². The van der Waals surface area contributed by atoms with E-state index in [1.807, 2.05) is 43.3 Å². The molecule has 0 bridgehead atoms. The lowest BCUT2D eigenvalue weighted by Gasteiger charge is -2.14. The molecule has 0 aromatic heterocycles. The van der Waals surface area contributed by atoms with E-state index in [2.05, 4.69) is 10.6 Å². The number of Topliss-reactive ketones (excluding diaryl/α,β-unsaturated/α-hetero) is 1.